The number of hydrogen-bond acceptors (Lipinski definition) is 4. The third-order valence-electron chi connectivity index (χ3n) is 3.75. The van der Waals surface area contributed by atoms with Crippen LogP contribution in [0.15, 0.2) is 46.9 Å². The first-order valence-electron chi connectivity index (χ1n) is 8.64. The van der Waals surface area contributed by atoms with E-state index in [4.69, 9.17) is 9.47 Å². The van der Waals surface area contributed by atoms with Gasteiger partial charge in [0.2, 0.25) is 5.91 Å². The Kier molecular flexibility index (Phi) is 8.13. The number of amides is 2. The molecule has 27 heavy (non-hydrogen) atoms. The van der Waals surface area contributed by atoms with Crippen LogP contribution >= 0.6 is 15.9 Å². The summed E-state index contributed by atoms with van der Waals surface area (Å²) in [4.78, 5) is 24.2. The van der Waals surface area contributed by atoms with Gasteiger partial charge in [-0.1, -0.05) is 30.3 Å². The van der Waals surface area contributed by atoms with Crippen LogP contribution in [0.1, 0.15) is 29.3 Å². The van der Waals surface area contributed by atoms with Gasteiger partial charge in [0.15, 0.2) is 11.5 Å². The number of halogens is 1. The summed E-state index contributed by atoms with van der Waals surface area (Å²) in [5, 5.41) is 5.57. The molecule has 2 aromatic rings. The highest BCUT2D eigenvalue weighted by Crippen LogP contribution is 2.36. The highest BCUT2D eigenvalue weighted by Gasteiger charge is 2.15. The van der Waals surface area contributed by atoms with Gasteiger partial charge in [0, 0.05) is 25.1 Å². The fourth-order valence-corrected chi connectivity index (χ4v) is 2.97. The van der Waals surface area contributed by atoms with E-state index in [0.29, 0.717) is 34.7 Å². The summed E-state index contributed by atoms with van der Waals surface area (Å²) in [5.41, 5.74) is 1.45. The molecule has 2 rings (SSSR count). The Morgan fingerprint density at radius 1 is 1.11 bits per heavy atom. The van der Waals surface area contributed by atoms with Gasteiger partial charge in [-0.2, -0.15) is 0 Å². The van der Waals surface area contributed by atoms with Gasteiger partial charge < -0.3 is 20.1 Å². The summed E-state index contributed by atoms with van der Waals surface area (Å²) < 4.78 is 11.4. The first-order chi connectivity index (χ1) is 13.0. The zero-order chi connectivity index (χ0) is 19.6. The summed E-state index contributed by atoms with van der Waals surface area (Å²) in [6, 6.07) is 12.9. The average Bonchev–Trinajstić information content (AvgIpc) is 2.68. The molecule has 0 radical (unpaired) electrons. The first kappa shape index (κ1) is 20.8. The summed E-state index contributed by atoms with van der Waals surface area (Å²) in [5.74, 6) is 0.617. The van der Waals surface area contributed by atoms with Crippen LogP contribution in [0.3, 0.4) is 0 Å². The SMILES string of the molecule is CCOc1c(Br)cc(C(=O)NCCC(=O)NCc2ccccc2)cc1OC. The average molecular weight is 435 g/mol. The highest BCUT2D eigenvalue weighted by atomic mass is 79.9. The molecule has 0 saturated heterocycles. The molecule has 144 valence electrons. The van der Waals surface area contributed by atoms with Crippen molar-refractivity contribution in [2.24, 2.45) is 0 Å². The maximum Gasteiger partial charge on any atom is 0.251 e. The van der Waals surface area contributed by atoms with E-state index < -0.39 is 0 Å². The van der Waals surface area contributed by atoms with Crippen molar-refractivity contribution in [3.05, 3.63) is 58.1 Å². The molecule has 0 heterocycles. The van der Waals surface area contributed by atoms with Crippen LogP contribution in [0.4, 0.5) is 0 Å². The minimum atomic E-state index is -0.284. The van der Waals surface area contributed by atoms with Crippen LogP contribution < -0.4 is 20.1 Å². The molecule has 2 aromatic carbocycles. The van der Waals surface area contributed by atoms with E-state index >= 15 is 0 Å². The van der Waals surface area contributed by atoms with E-state index in [1.165, 1.54) is 7.11 Å². The molecule has 0 aliphatic heterocycles. The van der Waals surface area contributed by atoms with Gasteiger partial charge in [-0.05, 0) is 40.5 Å². The monoisotopic (exact) mass is 434 g/mol. The third-order valence-corrected chi connectivity index (χ3v) is 4.34. The topological polar surface area (TPSA) is 76.7 Å². The van der Waals surface area contributed by atoms with Crippen LogP contribution in [0.25, 0.3) is 0 Å². The van der Waals surface area contributed by atoms with Gasteiger partial charge in [-0.3, -0.25) is 9.59 Å². The Morgan fingerprint density at radius 2 is 1.85 bits per heavy atom. The molecule has 2 N–H and O–H groups in total. The maximum atomic E-state index is 12.3. The Hall–Kier alpha value is -2.54. The summed E-state index contributed by atoms with van der Waals surface area (Å²) >= 11 is 3.39. The molecule has 0 aromatic heterocycles. The molecule has 0 saturated carbocycles. The number of carbonyl (C=O) groups is 2. The maximum absolute atomic E-state index is 12.3. The van der Waals surface area contributed by atoms with E-state index in [2.05, 4.69) is 26.6 Å². The number of ether oxygens (including phenoxy) is 2. The van der Waals surface area contributed by atoms with Crippen molar-refractivity contribution in [1.82, 2.24) is 10.6 Å². The number of hydrogen-bond donors (Lipinski definition) is 2. The number of rotatable bonds is 9. The van der Waals surface area contributed by atoms with Gasteiger partial charge in [0.1, 0.15) is 0 Å². The van der Waals surface area contributed by atoms with Gasteiger partial charge in [0.25, 0.3) is 5.91 Å². The quantitative estimate of drug-likeness (QED) is 0.634. The lowest BCUT2D eigenvalue weighted by Gasteiger charge is -2.13. The summed E-state index contributed by atoms with van der Waals surface area (Å²) in [6.45, 7) is 3.07. The van der Waals surface area contributed by atoms with Crippen LogP contribution in [0, 0.1) is 0 Å². The van der Waals surface area contributed by atoms with E-state index in [-0.39, 0.29) is 24.8 Å². The van der Waals surface area contributed by atoms with Crippen molar-refractivity contribution in [2.45, 2.75) is 19.9 Å². The Bertz CT molecular complexity index is 781. The zero-order valence-electron chi connectivity index (χ0n) is 15.4. The standard InChI is InChI=1S/C20H23BrN2O4/c1-3-27-19-16(21)11-15(12-17(19)26-2)20(25)22-10-9-18(24)23-13-14-7-5-4-6-8-14/h4-8,11-12H,3,9-10,13H2,1-2H3,(H,22,25)(H,23,24). The van der Waals surface area contributed by atoms with Crippen molar-refractivity contribution in [2.75, 3.05) is 20.3 Å². The molecule has 2 amide bonds. The number of carbonyl (C=O) groups excluding carboxylic acids is 2. The molecule has 7 heteroatoms. The third kappa shape index (κ3) is 6.29. The van der Waals surface area contributed by atoms with Crippen molar-refractivity contribution >= 4 is 27.7 Å². The predicted molar refractivity (Wildman–Crippen MR) is 107 cm³/mol. The summed E-state index contributed by atoms with van der Waals surface area (Å²) in [7, 11) is 1.52. The molecule has 0 fully saturated rings. The molecule has 0 aliphatic rings. The van der Waals surface area contributed by atoms with Crippen molar-refractivity contribution in [3.8, 4) is 11.5 Å². The second-order valence-electron chi connectivity index (χ2n) is 5.69. The zero-order valence-corrected chi connectivity index (χ0v) is 17.0. The number of nitrogens with one attached hydrogen (secondary N) is 2. The molecule has 0 unspecified atom stereocenters. The molecular formula is C20H23BrN2O4. The molecule has 6 nitrogen and oxygen atoms in total. The molecule has 0 atom stereocenters. The van der Waals surface area contributed by atoms with E-state index in [9.17, 15) is 9.59 Å². The predicted octanol–water partition coefficient (Wildman–Crippen LogP) is 3.29. The fraction of sp³-hybridized carbons (Fsp3) is 0.300. The lowest BCUT2D eigenvalue weighted by molar-refractivity contribution is -0.121. The van der Waals surface area contributed by atoms with Crippen LogP contribution in [-0.2, 0) is 11.3 Å². The van der Waals surface area contributed by atoms with Gasteiger partial charge in [-0.25, -0.2) is 0 Å². The highest BCUT2D eigenvalue weighted by molar-refractivity contribution is 9.10. The Morgan fingerprint density at radius 3 is 2.52 bits per heavy atom. The smallest absolute Gasteiger partial charge is 0.251 e. The lowest BCUT2D eigenvalue weighted by Crippen LogP contribution is -2.30. The van der Waals surface area contributed by atoms with Crippen LogP contribution in [-0.4, -0.2) is 32.1 Å². The van der Waals surface area contributed by atoms with E-state index in [1.807, 2.05) is 37.3 Å². The van der Waals surface area contributed by atoms with Crippen molar-refractivity contribution < 1.29 is 19.1 Å². The second-order valence-corrected chi connectivity index (χ2v) is 6.55. The molecule has 0 spiro atoms. The van der Waals surface area contributed by atoms with Crippen molar-refractivity contribution in [3.63, 3.8) is 0 Å². The molecular weight excluding hydrogens is 412 g/mol. The second kappa shape index (κ2) is 10.6. The molecule has 0 bridgehead atoms. The van der Waals surface area contributed by atoms with E-state index in [1.54, 1.807) is 12.1 Å². The van der Waals surface area contributed by atoms with E-state index in [0.717, 1.165) is 5.56 Å². The van der Waals surface area contributed by atoms with Gasteiger partial charge in [-0.15, -0.1) is 0 Å². The first-order valence-corrected chi connectivity index (χ1v) is 9.43. The number of benzene rings is 2. The van der Waals surface area contributed by atoms with Crippen LogP contribution in [0.2, 0.25) is 0 Å². The largest absolute Gasteiger partial charge is 0.493 e. The number of methoxy groups -OCH3 is 1. The van der Waals surface area contributed by atoms with Crippen molar-refractivity contribution in [1.29, 1.82) is 0 Å². The Labute approximate surface area is 167 Å². The fourth-order valence-electron chi connectivity index (χ4n) is 2.41. The van der Waals surface area contributed by atoms with Gasteiger partial charge in [0.05, 0.1) is 18.2 Å². The minimum absolute atomic E-state index is 0.121. The Balaban J connectivity index is 1.84. The molecule has 0 aliphatic carbocycles. The normalized spacial score (nSPS) is 10.2. The minimum Gasteiger partial charge on any atom is -0.493 e. The van der Waals surface area contributed by atoms with Crippen LogP contribution in [0.5, 0.6) is 11.5 Å². The summed E-state index contributed by atoms with van der Waals surface area (Å²) in [6.07, 6.45) is 0.202. The lowest BCUT2D eigenvalue weighted by atomic mass is 10.2. The van der Waals surface area contributed by atoms with Gasteiger partial charge >= 0.3 is 0 Å².